The first-order chi connectivity index (χ1) is 9.05. The van der Waals surface area contributed by atoms with Crippen LogP contribution in [0.2, 0.25) is 0 Å². The van der Waals surface area contributed by atoms with Crippen molar-refractivity contribution in [1.82, 2.24) is 10.3 Å². The van der Waals surface area contributed by atoms with Crippen molar-refractivity contribution in [1.29, 1.82) is 0 Å². The summed E-state index contributed by atoms with van der Waals surface area (Å²) in [5.41, 5.74) is 1.11. The van der Waals surface area contributed by atoms with E-state index in [9.17, 15) is 0 Å². The van der Waals surface area contributed by atoms with E-state index < -0.39 is 0 Å². The normalized spacial score (nSPS) is 23.4. The first kappa shape index (κ1) is 14.9. The molecule has 1 aromatic heterocycles. The van der Waals surface area contributed by atoms with Gasteiger partial charge in [-0.25, -0.2) is 4.98 Å². The number of aromatic nitrogens is 1. The molecule has 2 heterocycles. The van der Waals surface area contributed by atoms with E-state index in [1.807, 2.05) is 11.3 Å². The quantitative estimate of drug-likeness (QED) is 0.867. The zero-order valence-electron chi connectivity index (χ0n) is 12.6. The summed E-state index contributed by atoms with van der Waals surface area (Å²) < 4.78 is 5.91. The number of hydrogen-bond donors (Lipinski definition) is 1. The van der Waals surface area contributed by atoms with Gasteiger partial charge in [0.25, 0.3) is 0 Å². The summed E-state index contributed by atoms with van der Waals surface area (Å²) in [7, 11) is 0. The molecular weight excluding hydrogens is 256 g/mol. The molecule has 4 heteroatoms. The lowest BCUT2D eigenvalue weighted by atomic mass is 10.0. The Balaban J connectivity index is 2.08. The molecule has 1 aliphatic rings. The van der Waals surface area contributed by atoms with Crippen LogP contribution in [-0.4, -0.2) is 18.1 Å². The Kier molecular flexibility index (Phi) is 4.98. The topological polar surface area (TPSA) is 34.1 Å². The number of rotatable bonds is 6. The minimum atomic E-state index is -0.134. The van der Waals surface area contributed by atoms with Crippen molar-refractivity contribution in [3.05, 3.63) is 15.6 Å². The second-order valence-corrected chi connectivity index (χ2v) is 7.03. The molecule has 1 unspecified atom stereocenters. The van der Waals surface area contributed by atoms with E-state index in [2.05, 4.69) is 33.0 Å². The second kappa shape index (κ2) is 6.33. The number of ether oxygens (including phenoxy) is 1. The Labute approximate surface area is 120 Å². The molecule has 1 saturated heterocycles. The van der Waals surface area contributed by atoms with Gasteiger partial charge in [-0.1, -0.05) is 20.8 Å². The lowest BCUT2D eigenvalue weighted by molar-refractivity contribution is 0.0165. The second-order valence-electron chi connectivity index (χ2n) is 5.95. The standard InChI is InChI=1S/C15H26N2OS/c1-5-12-13(10-16-9-11(2)3)19-14(17-12)15(4)7-6-8-18-15/h11,16H,5-10H2,1-4H3. The molecule has 3 nitrogen and oxygen atoms in total. The molecule has 0 saturated carbocycles. The van der Waals surface area contributed by atoms with E-state index in [0.29, 0.717) is 5.92 Å². The smallest absolute Gasteiger partial charge is 0.125 e. The highest BCUT2D eigenvalue weighted by molar-refractivity contribution is 7.11. The monoisotopic (exact) mass is 282 g/mol. The molecule has 0 aromatic carbocycles. The van der Waals surface area contributed by atoms with Gasteiger partial charge >= 0.3 is 0 Å². The molecule has 0 aliphatic carbocycles. The largest absolute Gasteiger partial charge is 0.368 e. The highest BCUT2D eigenvalue weighted by Gasteiger charge is 2.35. The van der Waals surface area contributed by atoms with Crippen LogP contribution in [0.15, 0.2) is 0 Å². The van der Waals surface area contributed by atoms with E-state index >= 15 is 0 Å². The predicted octanol–water partition coefficient (Wildman–Crippen LogP) is 3.48. The maximum Gasteiger partial charge on any atom is 0.125 e. The first-order valence-corrected chi connectivity index (χ1v) is 8.20. The lowest BCUT2D eigenvalue weighted by Crippen LogP contribution is -2.19. The third kappa shape index (κ3) is 3.56. The van der Waals surface area contributed by atoms with Crippen LogP contribution in [0.1, 0.15) is 56.1 Å². The highest BCUT2D eigenvalue weighted by atomic mass is 32.1. The zero-order valence-corrected chi connectivity index (χ0v) is 13.4. The zero-order chi connectivity index (χ0) is 13.9. The van der Waals surface area contributed by atoms with Crippen molar-refractivity contribution in [3.8, 4) is 0 Å². The fraction of sp³-hybridized carbons (Fsp3) is 0.800. The summed E-state index contributed by atoms with van der Waals surface area (Å²) in [4.78, 5) is 6.22. The van der Waals surface area contributed by atoms with Crippen LogP contribution >= 0.6 is 11.3 Å². The van der Waals surface area contributed by atoms with Gasteiger partial charge in [-0.15, -0.1) is 11.3 Å². The van der Waals surface area contributed by atoms with Gasteiger partial charge in [0, 0.05) is 18.0 Å². The molecule has 1 fully saturated rings. The molecule has 108 valence electrons. The Hall–Kier alpha value is -0.450. The van der Waals surface area contributed by atoms with Gasteiger partial charge in [0.1, 0.15) is 10.6 Å². The fourth-order valence-corrected chi connectivity index (χ4v) is 3.69. The number of nitrogens with zero attached hydrogens (tertiary/aromatic N) is 1. The van der Waals surface area contributed by atoms with E-state index in [1.165, 1.54) is 15.6 Å². The van der Waals surface area contributed by atoms with Crippen molar-refractivity contribution in [2.75, 3.05) is 13.2 Å². The lowest BCUT2D eigenvalue weighted by Gasteiger charge is -2.19. The third-order valence-corrected chi connectivity index (χ3v) is 4.97. The van der Waals surface area contributed by atoms with Crippen LogP contribution in [0.25, 0.3) is 0 Å². The summed E-state index contributed by atoms with van der Waals surface area (Å²) in [5, 5.41) is 4.69. The van der Waals surface area contributed by atoms with Gasteiger partial charge in [0.2, 0.25) is 0 Å². The predicted molar refractivity (Wildman–Crippen MR) is 80.6 cm³/mol. The average Bonchev–Trinajstić information content (AvgIpc) is 2.96. The van der Waals surface area contributed by atoms with Crippen LogP contribution in [0.4, 0.5) is 0 Å². The molecule has 19 heavy (non-hydrogen) atoms. The van der Waals surface area contributed by atoms with Crippen molar-refractivity contribution in [3.63, 3.8) is 0 Å². The molecule has 2 rings (SSSR count). The molecule has 1 N–H and O–H groups in total. The minimum Gasteiger partial charge on any atom is -0.368 e. The van der Waals surface area contributed by atoms with E-state index in [1.54, 1.807) is 0 Å². The van der Waals surface area contributed by atoms with E-state index in [-0.39, 0.29) is 5.60 Å². The Morgan fingerprint density at radius 3 is 2.84 bits per heavy atom. The maximum atomic E-state index is 5.91. The minimum absolute atomic E-state index is 0.134. The number of aryl methyl sites for hydroxylation is 1. The van der Waals surface area contributed by atoms with Crippen LogP contribution in [0.3, 0.4) is 0 Å². The van der Waals surface area contributed by atoms with Gasteiger partial charge in [0.15, 0.2) is 0 Å². The Morgan fingerprint density at radius 1 is 1.47 bits per heavy atom. The molecule has 0 bridgehead atoms. The maximum absolute atomic E-state index is 5.91. The van der Waals surface area contributed by atoms with Crippen molar-refractivity contribution in [2.45, 2.75) is 59.1 Å². The van der Waals surface area contributed by atoms with Crippen LogP contribution < -0.4 is 5.32 Å². The summed E-state index contributed by atoms with van der Waals surface area (Å²) in [5.74, 6) is 0.688. The van der Waals surface area contributed by atoms with Crippen LogP contribution in [0.5, 0.6) is 0 Å². The highest BCUT2D eigenvalue weighted by Crippen LogP contribution is 2.38. The van der Waals surface area contributed by atoms with Gasteiger partial charge in [-0.05, 0) is 38.6 Å². The first-order valence-electron chi connectivity index (χ1n) is 7.39. The van der Waals surface area contributed by atoms with Gasteiger partial charge in [-0.2, -0.15) is 0 Å². The molecule has 1 aliphatic heterocycles. The van der Waals surface area contributed by atoms with Crippen molar-refractivity contribution >= 4 is 11.3 Å². The SMILES string of the molecule is CCc1nc(C2(C)CCCO2)sc1CNCC(C)C. The molecule has 1 aromatic rings. The van der Waals surface area contributed by atoms with Crippen molar-refractivity contribution in [2.24, 2.45) is 5.92 Å². The Morgan fingerprint density at radius 2 is 2.26 bits per heavy atom. The summed E-state index contributed by atoms with van der Waals surface area (Å²) in [6.45, 7) is 11.7. The molecule has 0 amide bonds. The van der Waals surface area contributed by atoms with Gasteiger partial charge in [0.05, 0.1) is 5.69 Å². The Bertz CT molecular complexity index is 408. The number of nitrogens with one attached hydrogen (secondary N) is 1. The van der Waals surface area contributed by atoms with Gasteiger partial charge < -0.3 is 10.1 Å². The molecule has 1 atom stereocenters. The van der Waals surface area contributed by atoms with Crippen LogP contribution in [0, 0.1) is 5.92 Å². The summed E-state index contributed by atoms with van der Waals surface area (Å²) in [6.07, 6.45) is 3.26. The number of thiazole rings is 1. The average molecular weight is 282 g/mol. The third-order valence-electron chi connectivity index (χ3n) is 3.62. The fourth-order valence-electron chi connectivity index (χ4n) is 2.45. The number of hydrogen-bond acceptors (Lipinski definition) is 4. The summed E-state index contributed by atoms with van der Waals surface area (Å²) in [6, 6.07) is 0. The summed E-state index contributed by atoms with van der Waals surface area (Å²) >= 11 is 1.83. The van der Waals surface area contributed by atoms with E-state index in [0.717, 1.165) is 39.0 Å². The van der Waals surface area contributed by atoms with Crippen molar-refractivity contribution < 1.29 is 4.74 Å². The molecule has 0 radical (unpaired) electrons. The molecule has 0 spiro atoms. The molecular formula is C15H26N2OS. The van der Waals surface area contributed by atoms with Crippen LogP contribution in [-0.2, 0) is 23.3 Å². The van der Waals surface area contributed by atoms with Gasteiger partial charge in [-0.3, -0.25) is 0 Å². The van der Waals surface area contributed by atoms with E-state index in [4.69, 9.17) is 9.72 Å².